The predicted molar refractivity (Wildman–Crippen MR) is 150 cm³/mol. The fourth-order valence-corrected chi connectivity index (χ4v) is 7.14. The van der Waals surface area contributed by atoms with E-state index in [2.05, 4.69) is 4.98 Å². The van der Waals surface area contributed by atoms with Gasteiger partial charge in [-0.2, -0.15) is 0 Å². The largest absolute Gasteiger partial charge is 0.485 e. The molecule has 1 aromatic heterocycles. The van der Waals surface area contributed by atoms with Gasteiger partial charge in [0.2, 0.25) is 5.91 Å². The Bertz CT molecular complexity index is 1150. The molecule has 1 amide bonds. The van der Waals surface area contributed by atoms with Crippen LogP contribution in [0, 0.1) is 35.0 Å². The van der Waals surface area contributed by atoms with E-state index in [1.807, 2.05) is 27.7 Å². The van der Waals surface area contributed by atoms with Gasteiger partial charge in [0, 0.05) is 5.92 Å². The van der Waals surface area contributed by atoms with Gasteiger partial charge in [-0.25, -0.2) is 9.97 Å². The van der Waals surface area contributed by atoms with Crippen LogP contribution in [0.4, 0.5) is 0 Å². The lowest BCUT2D eigenvalue weighted by molar-refractivity contribution is -0.158. The first kappa shape index (κ1) is 28.6. The van der Waals surface area contributed by atoms with Gasteiger partial charge in [-0.3, -0.25) is 9.59 Å². The van der Waals surface area contributed by atoms with E-state index in [1.54, 1.807) is 17.2 Å². The highest BCUT2D eigenvalue weighted by Gasteiger charge is 2.54. The Morgan fingerprint density at radius 1 is 1.07 bits per heavy atom. The number of aldehydes is 1. The normalized spacial score (nSPS) is 35.1. The Kier molecular flexibility index (Phi) is 8.20. The Morgan fingerprint density at radius 2 is 1.88 bits per heavy atom. The van der Waals surface area contributed by atoms with Crippen LogP contribution < -0.4 is 10.5 Å². The predicted octanol–water partition coefficient (Wildman–Crippen LogP) is 3.94. The third-order valence-corrected chi connectivity index (χ3v) is 9.64. The van der Waals surface area contributed by atoms with Gasteiger partial charge in [-0.1, -0.05) is 40.5 Å². The first-order valence-electron chi connectivity index (χ1n) is 15.0. The number of hydrogen-bond acceptors (Lipinski definition) is 8. The quantitative estimate of drug-likeness (QED) is 0.432. The van der Waals surface area contributed by atoms with Crippen LogP contribution in [0.3, 0.4) is 0 Å². The van der Waals surface area contributed by atoms with Crippen molar-refractivity contribution in [3.8, 4) is 5.75 Å². The summed E-state index contributed by atoms with van der Waals surface area (Å²) in [6.07, 6.45) is 12.1. The lowest BCUT2D eigenvalue weighted by Gasteiger charge is -2.34. The second kappa shape index (κ2) is 11.5. The topological polar surface area (TPSA) is 125 Å². The number of nitrogens with two attached hydrogens (primary N) is 1. The number of aromatic nitrogens is 2. The molecule has 40 heavy (non-hydrogen) atoms. The second-order valence-corrected chi connectivity index (χ2v) is 13.3. The monoisotopic (exact) mass is 552 g/mol. The van der Waals surface area contributed by atoms with E-state index in [0.717, 1.165) is 50.5 Å². The number of carbonyl (C=O) groups excluding carboxylic acids is 3. The van der Waals surface area contributed by atoms with E-state index in [4.69, 9.17) is 20.2 Å². The van der Waals surface area contributed by atoms with Gasteiger partial charge in [0.1, 0.15) is 18.5 Å². The molecule has 2 saturated carbocycles. The lowest BCUT2D eigenvalue weighted by atomic mass is 9.77. The van der Waals surface area contributed by atoms with E-state index >= 15 is 0 Å². The Labute approximate surface area is 237 Å². The number of fused-ring (bicyclic) bond motifs is 6. The summed E-state index contributed by atoms with van der Waals surface area (Å²) in [4.78, 5) is 50.3. The van der Waals surface area contributed by atoms with E-state index in [0.29, 0.717) is 29.3 Å². The summed E-state index contributed by atoms with van der Waals surface area (Å²) in [6, 6.07) is -0.643. The molecule has 2 unspecified atom stereocenters. The summed E-state index contributed by atoms with van der Waals surface area (Å²) >= 11 is 0. The first-order chi connectivity index (χ1) is 19.1. The van der Waals surface area contributed by atoms with E-state index in [9.17, 15) is 14.4 Å². The molecule has 2 aliphatic heterocycles. The maximum atomic E-state index is 14.0. The molecule has 1 saturated heterocycles. The first-order valence-corrected chi connectivity index (χ1v) is 15.0. The standard InChI is InChI=1S/C31H44N4O5/c1-18-24(17-36)35-16-27(18)39-26-15-33-28(10-11-32)34-23(26)9-7-5-6-8-20-21-12-19(21)13-25(20)40-29(37)14-22(30(35)38)31(2,3)4/h10-11,15,17-22,24-25,27H,5-9,12-14,16,32H2,1-4H3/t18-,19?,20+,21?,22+,24+,25+,27-/m0/s1. The number of amides is 1. The van der Waals surface area contributed by atoms with Crippen molar-refractivity contribution in [3.63, 3.8) is 0 Å². The van der Waals surface area contributed by atoms with Crippen molar-refractivity contribution in [1.29, 1.82) is 0 Å². The zero-order valence-corrected chi connectivity index (χ0v) is 24.3. The SMILES string of the molecule is C[C@@H]1[C@@H]2CN(C(=O)[C@H](C(C)(C)C)CC(=O)O[C@@H]3CC4CC4[C@H]3CCCCCc3nc(C=CN)ncc3O2)[C@@H]1C=O. The van der Waals surface area contributed by atoms with Gasteiger partial charge in [0.15, 0.2) is 11.6 Å². The van der Waals surface area contributed by atoms with Crippen LogP contribution in [0.2, 0.25) is 0 Å². The maximum Gasteiger partial charge on any atom is 0.306 e. The molecule has 8 atom stereocenters. The molecule has 218 valence electrons. The van der Waals surface area contributed by atoms with Crippen LogP contribution in [0.25, 0.3) is 6.08 Å². The van der Waals surface area contributed by atoms with Crippen molar-refractivity contribution in [2.24, 2.45) is 40.7 Å². The van der Waals surface area contributed by atoms with E-state index in [-0.39, 0.29) is 36.9 Å². The van der Waals surface area contributed by atoms with Crippen molar-refractivity contribution in [1.82, 2.24) is 14.9 Å². The minimum absolute atomic E-state index is 0.0109. The summed E-state index contributed by atoms with van der Waals surface area (Å²) in [7, 11) is 0. The van der Waals surface area contributed by atoms with Crippen LogP contribution in [0.1, 0.15) is 84.2 Å². The van der Waals surface area contributed by atoms with Crippen LogP contribution in [0.15, 0.2) is 12.4 Å². The number of nitrogens with zero attached hydrogens (tertiary/aromatic N) is 3. The highest BCUT2D eigenvalue weighted by molar-refractivity contribution is 5.87. The summed E-state index contributed by atoms with van der Waals surface area (Å²) in [5, 5.41) is 0. The summed E-state index contributed by atoms with van der Waals surface area (Å²) in [5.74, 6) is 1.48. The minimum Gasteiger partial charge on any atom is -0.485 e. The van der Waals surface area contributed by atoms with Gasteiger partial charge in [0.05, 0.1) is 36.8 Å². The van der Waals surface area contributed by atoms with Gasteiger partial charge < -0.3 is 24.9 Å². The fraction of sp³-hybridized carbons (Fsp3) is 0.710. The number of aryl methyl sites for hydroxylation is 1. The summed E-state index contributed by atoms with van der Waals surface area (Å²) in [5.41, 5.74) is 5.91. The molecule has 4 aliphatic rings. The zero-order valence-electron chi connectivity index (χ0n) is 24.3. The molecule has 2 bridgehead atoms. The smallest absolute Gasteiger partial charge is 0.306 e. The molecule has 2 N–H and O–H groups in total. The maximum absolute atomic E-state index is 14.0. The zero-order chi connectivity index (χ0) is 28.6. The van der Waals surface area contributed by atoms with Crippen molar-refractivity contribution >= 4 is 24.2 Å². The highest BCUT2D eigenvalue weighted by Crippen LogP contribution is 2.58. The van der Waals surface area contributed by atoms with Crippen molar-refractivity contribution < 1.29 is 23.9 Å². The van der Waals surface area contributed by atoms with Crippen LogP contribution in [0.5, 0.6) is 5.75 Å². The molecule has 9 nitrogen and oxygen atoms in total. The van der Waals surface area contributed by atoms with Gasteiger partial charge in [-0.15, -0.1) is 0 Å². The van der Waals surface area contributed by atoms with Crippen LogP contribution >= 0.6 is 0 Å². The number of hydrogen-bond donors (Lipinski definition) is 1. The highest BCUT2D eigenvalue weighted by atomic mass is 16.5. The Balaban J connectivity index is 1.45. The molecule has 0 radical (unpaired) electrons. The minimum atomic E-state index is -0.643. The van der Waals surface area contributed by atoms with Crippen molar-refractivity contribution in [2.75, 3.05) is 6.54 Å². The van der Waals surface area contributed by atoms with Crippen molar-refractivity contribution in [3.05, 3.63) is 23.9 Å². The lowest BCUT2D eigenvalue weighted by Crippen LogP contribution is -2.46. The van der Waals surface area contributed by atoms with Gasteiger partial charge in [-0.05, 0) is 67.5 Å². The van der Waals surface area contributed by atoms with Crippen LogP contribution in [-0.2, 0) is 25.5 Å². The number of esters is 1. The molecular weight excluding hydrogens is 508 g/mol. The van der Waals surface area contributed by atoms with Crippen LogP contribution in [-0.4, -0.2) is 57.8 Å². The number of rotatable bonds is 2. The van der Waals surface area contributed by atoms with E-state index in [1.165, 1.54) is 12.6 Å². The fourth-order valence-electron chi connectivity index (χ4n) is 7.14. The average Bonchev–Trinajstić information content (AvgIpc) is 3.48. The van der Waals surface area contributed by atoms with E-state index < -0.39 is 23.5 Å². The molecule has 0 aromatic carbocycles. The number of carbonyl (C=O) groups is 3. The number of ether oxygens (including phenoxy) is 2. The third kappa shape index (κ3) is 5.88. The van der Waals surface area contributed by atoms with Gasteiger partial charge >= 0.3 is 5.97 Å². The summed E-state index contributed by atoms with van der Waals surface area (Å²) < 4.78 is 12.5. The molecule has 2 aliphatic carbocycles. The second-order valence-electron chi connectivity index (χ2n) is 13.3. The molecule has 3 heterocycles. The van der Waals surface area contributed by atoms with Gasteiger partial charge in [0.25, 0.3) is 0 Å². The Hall–Kier alpha value is -2.97. The van der Waals surface area contributed by atoms with Crippen molar-refractivity contribution in [2.45, 2.75) is 97.3 Å². The third-order valence-electron chi connectivity index (χ3n) is 9.64. The summed E-state index contributed by atoms with van der Waals surface area (Å²) in [6.45, 7) is 8.08. The average molecular weight is 553 g/mol. The molecular formula is C31H44N4O5. The molecule has 5 rings (SSSR count). The molecule has 1 aromatic rings. The Morgan fingerprint density at radius 3 is 2.60 bits per heavy atom. The molecule has 3 fully saturated rings. The molecule has 0 spiro atoms. The molecule has 9 heteroatoms.